The van der Waals surface area contributed by atoms with Crippen LogP contribution < -0.4 is 15.8 Å². The fourth-order valence-corrected chi connectivity index (χ4v) is 1.72. The number of hydrogen-bond donors (Lipinski definition) is 2. The first-order valence-electron chi connectivity index (χ1n) is 6.35. The van der Waals surface area contributed by atoms with Gasteiger partial charge < -0.3 is 15.8 Å². The first kappa shape index (κ1) is 15.8. The predicted octanol–water partition coefficient (Wildman–Crippen LogP) is 2.34. The molecule has 19 heavy (non-hydrogen) atoms. The van der Waals surface area contributed by atoms with E-state index in [2.05, 4.69) is 19.2 Å². The largest absolute Gasteiger partial charge is 0.483 e. The Labute approximate surface area is 119 Å². The number of ether oxygens (including phenoxy) is 1. The van der Waals surface area contributed by atoms with Crippen molar-refractivity contribution in [2.75, 3.05) is 6.61 Å². The molecule has 106 valence electrons. The van der Waals surface area contributed by atoms with Crippen LogP contribution in [0, 0.1) is 5.92 Å². The monoisotopic (exact) mass is 284 g/mol. The summed E-state index contributed by atoms with van der Waals surface area (Å²) in [6, 6.07) is 5.39. The molecule has 1 rings (SSSR count). The van der Waals surface area contributed by atoms with Crippen LogP contribution in [-0.4, -0.2) is 18.6 Å². The summed E-state index contributed by atoms with van der Waals surface area (Å²) in [5.74, 6) is 0.793. The zero-order valence-corrected chi connectivity index (χ0v) is 12.3. The average Bonchev–Trinajstić information content (AvgIpc) is 2.36. The molecule has 1 amide bonds. The SMILES string of the molecule is CC(C)C(C)NC(=O)COc1cccc(Cl)c1CN. The number of hydrogen-bond acceptors (Lipinski definition) is 3. The Bertz CT molecular complexity index is 435. The van der Waals surface area contributed by atoms with Gasteiger partial charge in [0.25, 0.3) is 5.91 Å². The molecular weight excluding hydrogens is 264 g/mol. The van der Waals surface area contributed by atoms with Crippen LogP contribution in [0.15, 0.2) is 18.2 Å². The molecule has 0 saturated heterocycles. The van der Waals surface area contributed by atoms with Crippen LogP contribution >= 0.6 is 11.6 Å². The molecule has 0 aliphatic carbocycles. The van der Waals surface area contributed by atoms with Crippen LogP contribution in [0.1, 0.15) is 26.3 Å². The normalized spacial score (nSPS) is 12.3. The summed E-state index contributed by atoms with van der Waals surface area (Å²) in [6.07, 6.45) is 0. The van der Waals surface area contributed by atoms with Gasteiger partial charge in [0, 0.05) is 23.2 Å². The van der Waals surface area contributed by atoms with Gasteiger partial charge >= 0.3 is 0 Å². The van der Waals surface area contributed by atoms with Crippen LogP contribution in [0.5, 0.6) is 5.75 Å². The van der Waals surface area contributed by atoms with E-state index >= 15 is 0 Å². The summed E-state index contributed by atoms with van der Waals surface area (Å²) in [5.41, 5.74) is 6.33. The van der Waals surface area contributed by atoms with Gasteiger partial charge in [0.1, 0.15) is 5.75 Å². The molecule has 0 spiro atoms. The third-order valence-electron chi connectivity index (χ3n) is 3.03. The maximum atomic E-state index is 11.7. The third-order valence-corrected chi connectivity index (χ3v) is 3.38. The Balaban J connectivity index is 2.58. The summed E-state index contributed by atoms with van der Waals surface area (Å²) in [6.45, 7) is 6.31. The lowest BCUT2D eigenvalue weighted by Gasteiger charge is -2.18. The van der Waals surface area contributed by atoms with Gasteiger partial charge in [-0.1, -0.05) is 31.5 Å². The Morgan fingerprint density at radius 3 is 2.68 bits per heavy atom. The molecule has 1 unspecified atom stereocenters. The molecule has 5 heteroatoms. The quantitative estimate of drug-likeness (QED) is 0.843. The highest BCUT2D eigenvalue weighted by atomic mass is 35.5. The van der Waals surface area contributed by atoms with E-state index in [1.807, 2.05) is 6.92 Å². The summed E-state index contributed by atoms with van der Waals surface area (Å²) in [5, 5.41) is 3.43. The van der Waals surface area contributed by atoms with Gasteiger partial charge in [-0.2, -0.15) is 0 Å². The highest BCUT2D eigenvalue weighted by molar-refractivity contribution is 6.31. The smallest absolute Gasteiger partial charge is 0.258 e. The molecule has 0 heterocycles. The molecule has 0 bridgehead atoms. The number of carbonyl (C=O) groups is 1. The van der Waals surface area contributed by atoms with Crippen molar-refractivity contribution in [2.24, 2.45) is 11.7 Å². The second-order valence-corrected chi connectivity index (χ2v) is 5.22. The number of halogens is 1. The number of rotatable bonds is 6. The van der Waals surface area contributed by atoms with Crippen molar-refractivity contribution in [1.29, 1.82) is 0 Å². The van der Waals surface area contributed by atoms with Gasteiger partial charge in [-0.3, -0.25) is 4.79 Å². The Hall–Kier alpha value is -1.26. The Morgan fingerprint density at radius 1 is 1.42 bits per heavy atom. The van der Waals surface area contributed by atoms with E-state index < -0.39 is 0 Å². The minimum Gasteiger partial charge on any atom is -0.483 e. The molecule has 0 aliphatic rings. The van der Waals surface area contributed by atoms with Crippen molar-refractivity contribution < 1.29 is 9.53 Å². The second kappa shape index (κ2) is 7.36. The first-order chi connectivity index (χ1) is 8.95. The lowest BCUT2D eigenvalue weighted by molar-refractivity contribution is -0.124. The molecule has 0 radical (unpaired) electrons. The van der Waals surface area contributed by atoms with Crippen molar-refractivity contribution in [3.63, 3.8) is 0 Å². The molecule has 0 aromatic heterocycles. The number of benzene rings is 1. The van der Waals surface area contributed by atoms with Gasteiger partial charge in [0.05, 0.1) is 0 Å². The standard InChI is InChI=1S/C14H21ClN2O2/c1-9(2)10(3)17-14(18)8-19-13-6-4-5-12(15)11(13)7-16/h4-6,9-10H,7-8,16H2,1-3H3,(H,17,18). The van der Waals surface area contributed by atoms with E-state index in [4.69, 9.17) is 22.1 Å². The number of amides is 1. The fourth-order valence-electron chi connectivity index (χ4n) is 1.48. The maximum absolute atomic E-state index is 11.7. The minimum atomic E-state index is -0.149. The molecule has 1 aromatic rings. The van der Waals surface area contributed by atoms with Gasteiger partial charge in [-0.05, 0) is 25.0 Å². The molecule has 0 fully saturated rings. The van der Waals surface area contributed by atoms with Gasteiger partial charge in [0.15, 0.2) is 6.61 Å². The second-order valence-electron chi connectivity index (χ2n) is 4.81. The van der Waals surface area contributed by atoms with E-state index in [-0.39, 0.29) is 25.1 Å². The molecule has 0 aliphatic heterocycles. The van der Waals surface area contributed by atoms with Crippen LogP contribution in [0.2, 0.25) is 5.02 Å². The Kier molecular flexibility index (Phi) is 6.12. The van der Waals surface area contributed by atoms with E-state index in [1.54, 1.807) is 18.2 Å². The minimum absolute atomic E-state index is 0.0373. The van der Waals surface area contributed by atoms with E-state index in [1.165, 1.54) is 0 Å². The number of nitrogens with one attached hydrogen (secondary N) is 1. The van der Waals surface area contributed by atoms with Gasteiger partial charge in [-0.15, -0.1) is 0 Å². The highest BCUT2D eigenvalue weighted by Crippen LogP contribution is 2.25. The number of carbonyl (C=O) groups excluding carboxylic acids is 1. The number of nitrogens with two attached hydrogens (primary N) is 1. The van der Waals surface area contributed by atoms with Crippen molar-refractivity contribution in [3.05, 3.63) is 28.8 Å². The van der Waals surface area contributed by atoms with Crippen molar-refractivity contribution in [2.45, 2.75) is 33.4 Å². The molecular formula is C14H21ClN2O2. The van der Waals surface area contributed by atoms with Gasteiger partial charge in [-0.25, -0.2) is 0 Å². The van der Waals surface area contributed by atoms with E-state index in [0.717, 1.165) is 0 Å². The van der Waals surface area contributed by atoms with Crippen molar-refractivity contribution in [3.8, 4) is 5.75 Å². The Morgan fingerprint density at radius 2 is 2.11 bits per heavy atom. The van der Waals surface area contributed by atoms with Crippen molar-refractivity contribution >= 4 is 17.5 Å². The van der Waals surface area contributed by atoms with E-state index in [0.29, 0.717) is 22.3 Å². The molecule has 3 N–H and O–H groups in total. The zero-order valence-electron chi connectivity index (χ0n) is 11.6. The summed E-state index contributed by atoms with van der Waals surface area (Å²) < 4.78 is 5.47. The van der Waals surface area contributed by atoms with Crippen LogP contribution in [0.3, 0.4) is 0 Å². The van der Waals surface area contributed by atoms with Crippen LogP contribution in [0.4, 0.5) is 0 Å². The molecule has 1 aromatic carbocycles. The summed E-state index contributed by atoms with van der Waals surface area (Å²) >= 11 is 6.01. The third kappa shape index (κ3) is 4.73. The predicted molar refractivity (Wildman–Crippen MR) is 77.3 cm³/mol. The van der Waals surface area contributed by atoms with Crippen LogP contribution in [0.25, 0.3) is 0 Å². The van der Waals surface area contributed by atoms with E-state index in [9.17, 15) is 4.79 Å². The summed E-state index contributed by atoms with van der Waals surface area (Å²) in [4.78, 5) is 11.7. The lowest BCUT2D eigenvalue weighted by Crippen LogP contribution is -2.39. The highest BCUT2D eigenvalue weighted by Gasteiger charge is 2.12. The van der Waals surface area contributed by atoms with Crippen molar-refractivity contribution in [1.82, 2.24) is 5.32 Å². The molecule has 0 saturated carbocycles. The average molecular weight is 285 g/mol. The zero-order chi connectivity index (χ0) is 14.4. The summed E-state index contributed by atoms with van der Waals surface area (Å²) in [7, 11) is 0. The molecule has 4 nitrogen and oxygen atoms in total. The topological polar surface area (TPSA) is 64.3 Å². The lowest BCUT2D eigenvalue weighted by atomic mass is 10.1. The maximum Gasteiger partial charge on any atom is 0.258 e. The first-order valence-corrected chi connectivity index (χ1v) is 6.73. The molecule has 1 atom stereocenters. The fraction of sp³-hybridized carbons (Fsp3) is 0.500. The van der Waals surface area contributed by atoms with Crippen LogP contribution in [-0.2, 0) is 11.3 Å². The van der Waals surface area contributed by atoms with Gasteiger partial charge in [0.2, 0.25) is 0 Å².